The Morgan fingerprint density at radius 2 is 1.81 bits per heavy atom. The average molecular weight is 374 g/mol. The first-order valence-corrected chi connectivity index (χ1v) is 9.92. The highest BCUT2D eigenvalue weighted by Gasteiger charge is 2.38. The van der Waals surface area contributed by atoms with Gasteiger partial charge >= 0.3 is 0 Å². The van der Waals surface area contributed by atoms with E-state index in [1.807, 2.05) is 6.07 Å². The van der Waals surface area contributed by atoms with Gasteiger partial charge in [-0.1, -0.05) is 6.92 Å². The largest absolute Gasteiger partial charge is 0.356 e. The van der Waals surface area contributed by atoms with Gasteiger partial charge in [-0.3, -0.25) is 14.5 Å². The maximum Gasteiger partial charge on any atom is 0.225 e. The fourth-order valence-corrected chi connectivity index (χ4v) is 3.36. The molecule has 0 radical (unpaired) electrons. The van der Waals surface area contributed by atoms with Crippen LogP contribution in [-0.2, 0) is 9.59 Å². The molecule has 8 nitrogen and oxygen atoms in total. The number of hydrogen-bond donors (Lipinski definition) is 2. The van der Waals surface area contributed by atoms with Crippen LogP contribution in [0.5, 0.6) is 0 Å². The van der Waals surface area contributed by atoms with Gasteiger partial charge < -0.3 is 15.5 Å². The molecule has 2 N–H and O–H groups in total. The van der Waals surface area contributed by atoms with Gasteiger partial charge in [-0.05, 0) is 31.4 Å². The summed E-state index contributed by atoms with van der Waals surface area (Å²) in [5.41, 5.74) is 0. The van der Waals surface area contributed by atoms with E-state index in [-0.39, 0.29) is 17.7 Å². The Labute approximate surface area is 160 Å². The fraction of sp³-hybridized carbons (Fsp3) is 0.684. The summed E-state index contributed by atoms with van der Waals surface area (Å²) in [7, 11) is 0. The zero-order chi connectivity index (χ0) is 19.1. The summed E-state index contributed by atoms with van der Waals surface area (Å²) >= 11 is 0. The van der Waals surface area contributed by atoms with Crippen molar-refractivity contribution in [3.8, 4) is 0 Å². The zero-order valence-electron chi connectivity index (χ0n) is 16.1. The Kier molecular flexibility index (Phi) is 6.98. The Morgan fingerprint density at radius 3 is 2.48 bits per heavy atom. The molecule has 148 valence electrons. The summed E-state index contributed by atoms with van der Waals surface area (Å²) in [6.07, 6.45) is 5.80. The highest BCUT2D eigenvalue weighted by molar-refractivity contribution is 5.82. The molecule has 1 saturated carbocycles. The first kappa shape index (κ1) is 19.5. The van der Waals surface area contributed by atoms with Crippen molar-refractivity contribution in [2.24, 2.45) is 11.8 Å². The van der Waals surface area contributed by atoms with Gasteiger partial charge in [0.25, 0.3) is 0 Å². The molecule has 2 heterocycles. The third-order valence-corrected chi connectivity index (χ3v) is 5.28. The van der Waals surface area contributed by atoms with Crippen LogP contribution in [0.3, 0.4) is 0 Å². The molecule has 0 spiro atoms. The van der Waals surface area contributed by atoms with Crippen molar-refractivity contribution in [1.29, 1.82) is 0 Å². The van der Waals surface area contributed by atoms with Crippen molar-refractivity contribution in [2.45, 2.75) is 26.2 Å². The lowest BCUT2D eigenvalue weighted by Crippen LogP contribution is -2.47. The van der Waals surface area contributed by atoms with E-state index in [4.69, 9.17) is 0 Å². The van der Waals surface area contributed by atoms with E-state index in [9.17, 15) is 9.59 Å². The maximum atomic E-state index is 11.8. The van der Waals surface area contributed by atoms with Crippen LogP contribution < -0.4 is 15.5 Å². The van der Waals surface area contributed by atoms with Crippen molar-refractivity contribution in [3.63, 3.8) is 0 Å². The number of anilines is 1. The van der Waals surface area contributed by atoms with Crippen LogP contribution in [-0.4, -0.2) is 72.5 Å². The minimum atomic E-state index is 0.00481. The molecule has 2 fully saturated rings. The number of piperazine rings is 1. The molecule has 27 heavy (non-hydrogen) atoms. The van der Waals surface area contributed by atoms with E-state index >= 15 is 0 Å². The fourth-order valence-electron chi connectivity index (χ4n) is 3.36. The van der Waals surface area contributed by atoms with Gasteiger partial charge in [0.2, 0.25) is 17.8 Å². The summed E-state index contributed by atoms with van der Waals surface area (Å²) < 4.78 is 0. The quantitative estimate of drug-likeness (QED) is 0.603. The molecule has 2 unspecified atom stereocenters. The van der Waals surface area contributed by atoms with Gasteiger partial charge in [-0.2, -0.15) is 0 Å². The lowest BCUT2D eigenvalue weighted by molar-refractivity contribution is -0.123. The first-order valence-electron chi connectivity index (χ1n) is 9.92. The molecule has 2 atom stereocenters. The minimum absolute atomic E-state index is 0.00481. The number of carbonyl (C=O) groups is 2. The Morgan fingerprint density at radius 1 is 1.11 bits per heavy atom. The van der Waals surface area contributed by atoms with E-state index in [0.717, 1.165) is 51.5 Å². The Bertz CT molecular complexity index is 618. The van der Waals surface area contributed by atoms with E-state index < -0.39 is 0 Å². The second-order valence-corrected chi connectivity index (χ2v) is 7.44. The van der Waals surface area contributed by atoms with Crippen molar-refractivity contribution in [2.75, 3.05) is 50.7 Å². The van der Waals surface area contributed by atoms with Gasteiger partial charge in [-0.25, -0.2) is 9.97 Å². The van der Waals surface area contributed by atoms with Gasteiger partial charge in [-0.15, -0.1) is 0 Å². The van der Waals surface area contributed by atoms with E-state index in [2.05, 4.69) is 37.3 Å². The third kappa shape index (κ3) is 6.16. The number of nitrogens with one attached hydrogen (secondary N) is 2. The molecular formula is C19H30N6O2. The second kappa shape index (κ2) is 9.64. The molecule has 1 aromatic rings. The molecule has 1 aliphatic carbocycles. The summed E-state index contributed by atoms with van der Waals surface area (Å²) in [6, 6.07) is 1.83. The number of carbonyl (C=O) groups excluding carboxylic acids is 2. The summed E-state index contributed by atoms with van der Waals surface area (Å²) in [4.78, 5) is 36.7. The molecule has 2 amide bonds. The lowest BCUT2D eigenvalue weighted by Gasteiger charge is -2.34. The molecule has 0 bridgehead atoms. The second-order valence-electron chi connectivity index (χ2n) is 7.44. The normalized spacial score (nSPS) is 22.3. The SMILES string of the molecule is CC1CC1C(=O)NCCC(=O)NCCCN1CCN(c2ncccn2)CC1. The van der Waals surface area contributed by atoms with Crippen LogP contribution in [0.4, 0.5) is 5.95 Å². The standard InChI is InChI=1S/C19H30N6O2/c1-15-14-16(15)18(27)21-8-4-17(26)20-7-3-9-24-10-12-25(13-11-24)19-22-5-2-6-23-19/h2,5-6,15-16H,3-4,7-14H2,1H3,(H,20,26)(H,21,27). The summed E-state index contributed by atoms with van der Waals surface area (Å²) in [5, 5.41) is 5.78. The number of nitrogens with zero attached hydrogens (tertiary/aromatic N) is 4. The molecule has 8 heteroatoms. The first-order chi connectivity index (χ1) is 13.1. The molecule has 0 aromatic carbocycles. The van der Waals surface area contributed by atoms with Gasteiger partial charge in [0.1, 0.15) is 0 Å². The van der Waals surface area contributed by atoms with Crippen LogP contribution in [0.15, 0.2) is 18.5 Å². The number of amides is 2. The smallest absolute Gasteiger partial charge is 0.225 e. The van der Waals surface area contributed by atoms with Crippen LogP contribution in [0, 0.1) is 11.8 Å². The predicted octanol–water partition coefficient (Wildman–Crippen LogP) is 0.267. The van der Waals surface area contributed by atoms with E-state index in [1.54, 1.807) is 12.4 Å². The van der Waals surface area contributed by atoms with Crippen LogP contribution >= 0.6 is 0 Å². The number of rotatable bonds is 9. The molecule has 3 rings (SSSR count). The number of aromatic nitrogens is 2. The highest BCUT2D eigenvalue weighted by Crippen LogP contribution is 2.37. The predicted molar refractivity (Wildman–Crippen MR) is 103 cm³/mol. The van der Waals surface area contributed by atoms with Crippen molar-refractivity contribution in [3.05, 3.63) is 18.5 Å². The van der Waals surface area contributed by atoms with E-state index in [1.165, 1.54) is 0 Å². The van der Waals surface area contributed by atoms with Crippen molar-refractivity contribution in [1.82, 2.24) is 25.5 Å². The Balaban J connectivity index is 1.20. The van der Waals surface area contributed by atoms with Crippen LogP contribution in [0.1, 0.15) is 26.2 Å². The zero-order valence-corrected chi connectivity index (χ0v) is 16.1. The van der Waals surface area contributed by atoms with Crippen molar-refractivity contribution >= 4 is 17.8 Å². The topological polar surface area (TPSA) is 90.5 Å². The average Bonchev–Trinajstić information content (AvgIpc) is 3.43. The third-order valence-electron chi connectivity index (χ3n) is 5.28. The van der Waals surface area contributed by atoms with Crippen LogP contribution in [0.2, 0.25) is 0 Å². The molecular weight excluding hydrogens is 344 g/mol. The minimum Gasteiger partial charge on any atom is -0.356 e. The van der Waals surface area contributed by atoms with Crippen LogP contribution in [0.25, 0.3) is 0 Å². The number of hydrogen-bond acceptors (Lipinski definition) is 6. The molecule has 1 saturated heterocycles. The molecule has 1 aromatic heterocycles. The monoisotopic (exact) mass is 374 g/mol. The molecule has 1 aliphatic heterocycles. The Hall–Kier alpha value is -2.22. The van der Waals surface area contributed by atoms with Gasteiger partial charge in [0.05, 0.1) is 0 Å². The maximum absolute atomic E-state index is 11.8. The lowest BCUT2D eigenvalue weighted by atomic mass is 10.3. The van der Waals surface area contributed by atoms with Gasteiger partial charge in [0, 0.05) is 64.0 Å². The highest BCUT2D eigenvalue weighted by atomic mass is 16.2. The van der Waals surface area contributed by atoms with Crippen molar-refractivity contribution < 1.29 is 9.59 Å². The van der Waals surface area contributed by atoms with E-state index in [0.29, 0.717) is 25.4 Å². The summed E-state index contributed by atoms with van der Waals surface area (Å²) in [6.45, 7) is 7.97. The summed E-state index contributed by atoms with van der Waals surface area (Å²) in [5.74, 6) is 1.57. The molecule has 2 aliphatic rings. The van der Waals surface area contributed by atoms with Gasteiger partial charge in [0.15, 0.2) is 0 Å².